The Morgan fingerprint density at radius 2 is 2.08 bits per heavy atom. The van der Waals surface area contributed by atoms with Gasteiger partial charge in [-0.3, -0.25) is 4.90 Å². The molecule has 13 heavy (non-hydrogen) atoms. The van der Waals surface area contributed by atoms with Crippen LogP contribution in [0, 0.1) is 5.41 Å². The molecule has 0 aromatic heterocycles. The number of rotatable bonds is 3. The standard InChI is InChI=1S/C11H22FN/c1-11(2,3)9-10-5-4-7-13(10)8-6-12/h10H,4-9H2,1-3H3/t10-/m0/s1. The zero-order chi connectivity index (χ0) is 9.90. The second kappa shape index (κ2) is 4.41. The predicted octanol–water partition coefficient (Wildman–Crippen LogP) is 2.86. The number of hydrogen-bond acceptors (Lipinski definition) is 1. The summed E-state index contributed by atoms with van der Waals surface area (Å²) in [5, 5.41) is 0. The van der Waals surface area contributed by atoms with Crippen molar-refractivity contribution in [3.05, 3.63) is 0 Å². The molecule has 1 aliphatic heterocycles. The molecule has 0 unspecified atom stereocenters. The van der Waals surface area contributed by atoms with Crippen LogP contribution in [0.4, 0.5) is 4.39 Å². The Kier molecular flexibility index (Phi) is 3.72. The van der Waals surface area contributed by atoms with Gasteiger partial charge in [-0.05, 0) is 31.2 Å². The van der Waals surface area contributed by atoms with Crippen molar-refractivity contribution in [2.24, 2.45) is 5.41 Å². The topological polar surface area (TPSA) is 3.24 Å². The zero-order valence-electron chi connectivity index (χ0n) is 9.15. The second-order valence-corrected chi connectivity index (χ2v) is 5.29. The quantitative estimate of drug-likeness (QED) is 0.656. The number of halogens is 1. The third-order valence-electron chi connectivity index (χ3n) is 2.72. The molecule has 0 radical (unpaired) electrons. The second-order valence-electron chi connectivity index (χ2n) is 5.29. The summed E-state index contributed by atoms with van der Waals surface area (Å²) in [6.45, 7) is 8.34. The summed E-state index contributed by atoms with van der Waals surface area (Å²) in [7, 11) is 0. The number of alkyl halides is 1. The van der Waals surface area contributed by atoms with Gasteiger partial charge in [0.2, 0.25) is 0 Å². The van der Waals surface area contributed by atoms with E-state index >= 15 is 0 Å². The predicted molar refractivity (Wildman–Crippen MR) is 54.6 cm³/mol. The van der Waals surface area contributed by atoms with Crippen molar-refractivity contribution in [2.45, 2.75) is 46.1 Å². The van der Waals surface area contributed by atoms with Crippen LogP contribution in [-0.2, 0) is 0 Å². The van der Waals surface area contributed by atoms with Crippen molar-refractivity contribution < 1.29 is 4.39 Å². The van der Waals surface area contributed by atoms with E-state index in [1.54, 1.807) is 0 Å². The van der Waals surface area contributed by atoms with E-state index in [4.69, 9.17) is 0 Å². The Bertz CT molecular complexity index is 151. The molecule has 0 spiro atoms. The molecule has 0 aromatic carbocycles. The van der Waals surface area contributed by atoms with E-state index in [2.05, 4.69) is 25.7 Å². The minimum atomic E-state index is -0.194. The van der Waals surface area contributed by atoms with Crippen LogP contribution in [0.15, 0.2) is 0 Å². The average Bonchev–Trinajstić information content (AvgIpc) is 2.34. The van der Waals surface area contributed by atoms with E-state index in [9.17, 15) is 4.39 Å². The Labute approximate surface area is 81.3 Å². The fourth-order valence-corrected chi connectivity index (χ4v) is 2.24. The van der Waals surface area contributed by atoms with Gasteiger partial charge in [-0.1, -0.05) is 20.8 Å². The lowest BCUT2D eigenvalue weighted by Gasteiger charge is -2.29. The molecule has 0 aromatic rings. The Morgan fingerprint density at radius 1 is 1.38 bits per heavy atom. The molecule has 1 nitrogen and oxygen atoms in total. The Morgan fingerprint density at radius 3 is 2.62 bits per heavy atom. The molecule has 0 amide bonds. The molecule has 0 bridgehead atoms. The van der Waals surface area contributed by atoms with E-state index in [1.165, 1.54) is 19.3 Å². The van der Waals surface area contributed by atoms with Gasteiger partial charge in [-0.25, -0.2) is 4.39 Å². The molecule has 1 aliphatic rings. The number of hydrogen-bond donors (Lipinski definition) is 0. The normalized spacial score (nSPS) is 25.4. The summed E-state index contributed by atoms with van der Waals surface area (Å²) in [5.41, 5.74) is 0.379. The largest absolute Gasteiger partial charge is 0.298 e. The molecule has 1 rings (SSSR count). The molecule has 0 saturated carbocycles. The summed E-state index contributed by atoms with van der Waals surface area (Å²) in [4.78, 5) is 2.31. The first-order valence-electron chi connectivity index (χ1n) is 5.33. The van der Waals surface area contributed by atoms with Gasteiger partial charge in [0.1, 0.15) is 6.67 Å². The lowest BCUT2D eigenvalue weighted by Crippen LogP contribution is -2.34. The first kappa shape index (κ1) is 11.0. The summed E-state index contributed by atoms with van der Waals surface area (Å²) >= 11 is 0. The molecular formula is C11H22FN. The highest BCUT2D eigenvalue weighted by Gasteiger charge is 2.27. The molecule has 1 saturated heterocycles. The third kappa shape index (κ3) is 3.63. The van der Waals surface area contributed by atoms with E-state index in [1.807, 2.05) is 0 Å². The SMILES string of the molecule is CC(C)(C)C[C@@H]1CCCN1CCF. The summed E-state index contributed by atoms with van der Waals surface area (Å²) < 4.78 is 12.2. The van der Waals surface area contributed by atoms with Crippen molar-refractivity contribution in [3.8, 4) is 0 Å². The molecule has 1 atom stereocenters. The van der Waals surface area contributed by atoms with E-state index in [0.29, 0.717) is 18.0 Å². The van der Waals surface area contributed by atoms with Gasteiger partial charge in [0.05, 0.1) is 0 Å². The molecular weight excluding hydrogens is 165 g/mol. The molecule has 1 fully saturated rings. The van der Waals surface area contributed by atoms with Gasteiger partial charge in [0.15, 0.2) is 0 Å². The van der Waals surface area contributed by atoms with Crippen LogP contribution in [0.3, 0.4) is 0 Å². The lowest BCUT2D eigenvalue weighted by atomic mass is 9.87. The van der Waals surface area contributed by atoms with Gasteiger partial charge in [-0.15, -0.1) is 0 Å². The molecule has 0 aliphatic carbocycles. The highest BCUT2D eigenvalue weighted by molar-refractivity contribution is 4.82. The Balaban J connectivity index is 2.39. The fraction of sp³-hybridized carbons (Fsp3) is 1.00. The minimum absolute atomic E-state index is 0.194. The van der Waals surface area contributed by atoms with Crippen LogP contribution in [0.5, 0.6) is 0 Å². The van der Waals surface area contributed by atoms with Gasteiger partial charge < -0.3 is 0 Å². The lowest BCUT2D eigenvalue weighted by molar-refractivity contribution is 0.180. The van der Waals surface area contributed by atoms with Crippen molar-refractivity contribution in [2.75, 3.05) is 19.8 Å². The van der Waals surface area contributed by atoms with Gasteiger partial charge >= 0.3 is 0 Å². The van der Waals surface area contributed by atoms with E-state index < -0.39 is 0 Å². The van der Waals surface area contributed by atoms with Gasteiger partial charge in [0, 0.05) is 12.6 Å². The van der Waals surface area contributed by atoms with Gasteiger partial charge in [0.25, 0.3) is 0 Å². The first-order chi connectivity index (χ1) is 6.03. The van der Waals surface area contributed by atoms with E-state index in [0.717, 1.165) is 6.54 Å². The zero-order valence-corrected chi connectivity index (χ0v) is 9.15. The molecule has 78 valence electrons. The first-order valence-corrected chi connectivity index (χ1v) is 5.33. The van der Waals surface area contributed by atoms with E-state index in [-0.39, 0.29) is 6.67 Å². The number of likely N-dealkylation sites (tertiary alicyclic amines) is 1. The van der Waals surface area contributed by atoms with Crippen LogP contribution in [0.2, 0.25) is 0 Å². The number of nitrogens with zero attached hydrogens (tertiary/aromatic N) is 1. The van der Waals surface area contributed by atoms with Crippen LogP contribution >= 0.6 is 0 Å². The average molecular weight is 187 g/mol. The van der Waals surface area contributed by atoms with Crippen molar-refractivity contribution in [1.29, 1.82) is 0 Å². The summed E-state index contributed by atoms with van der Waals surface area (Å²) in [6.07, 6.45) is 3.71. The molecule has 2 heteroatoms. The van der Waals surface area contributed by atoms with Crippen LogP contribution in [-0.4, -0.2) is 30.7 Å². The fourth-order valence-electron chi connectivity index (χ4n) is 2.24. The third-order valence-corrected chi connectivity index (χ3v) is 2.72. The van der Waals surface area contributed by atoms with Crippen molar-refractivity contribution in [3.63, 3.8) is 0 Å². The van der Waals surface area contributed by atoms with Crippen LogP contribution in [0.25, 0.3) is 0 Å². The van der Waals surface area contributed by atoms with Crippen molar-refractivity contribution >= 4 is 0 Å². The van der Waals surface area contributed by atoms with Crippen LogP contribution < -0.4 is 0 Å². The van der Waals surface area contributed by atoms with Gasteiger partial charge in [-0.2, -0.15) is 0 Å². The monoisotopic (exact) mass is 187 g/mol. The maximum atomic E-state index is 12.2. The maximum absolute atomic E-state index is 12.2. The van der Waals surface area contributed by atoms with Crippen LogP contribution in [0.1, 0.15) is 40.0 Å². The maximum Gasteiger partial charge on any atom is 0.102 e. The highest BCUT2D eigenvalue weighted by Crippen LogP contribution is 2.29. The molecule has 1 heterocycles. The van der Waals surface area contributed by atoms with Crippen molar-refractivity contribution in [1.82, 2.24) is 4.90 Å². The highest BCUT2D eigenvalue weighted by atomic mass is 19.1. The molecule has 0 N–H and O–H groups in total. The smallest absolute Gasteiger partial charge is 0.102 e. The summed E-state index contributed by atoms with van der Waals surface area (Å²) in [5.74, 6) is 0. The minimum Gasteiger partial charge on any atom is -0.298 e. The Hall–Kier alpha value is -0.110. The summed E-state index contributed by atoms with van der Waals surface area (Å²) in [6, 6.07) is 0.635.